The van der Waals surface area contributed by atoms with Gasteiger partial charge < -0.3 is 24.5 Å². The van der Waals surface area contributed by atoms with Crippen LogP contribution in [0.3, 0.4) is 0 Å². The second-order valence-corrected chi connectivity index (χ2v) is 10.7. The summed E-state index contributed by atoms with van der Waals surface area (Å²) in [5.74, 6) is -0.573. The summed E-state index contributed by atoms with van der Waals surface area (Å²) in [4.78, 5) is 35.3. The number of carbonyl (C=O) groups excluding carboxylic acids is 2. The number of carbonyl (C=O) groups is 2. The van der Waals surface area contributed by atoms with Gasteiger partial charge in [-0.15, -0.1) is 0 Å². The van der Waals surface area contributed by atoms with E-state index in [9.17, 15) is 14.7 Å². The van der Waals surface area contributed by atoms with Crippen LogP contribution in [0, 0.1) is 6.92 Å². The molecule has 0 unspecified atom stereocenters. The Morgan fingerprint density at radius 1 is 0.976 bits per heavy atom. The van der Waals surface area contributed by atoms with E-state index in [1.165, 1.54) is 26.4 Å². The Labute approximate surface area is 246 Å². The second-order valence-electron chi connectivity index (χ2n) is 10.7. The molecule has 8 heteroatoms. The number of piperidine rings is 1. The lowest BCUT2D eigenvalue weighted by atomic mass is 9.98. The zero-order valence-electron chi connectivity index (χ0n) is 24.2. The van der Waals surface area contributed by atoms with E-state index in [1.54, 1.807) is 30.3 Å². The van der Waals surface area contributed by atoms with E-state index >= 15 is 0 Å². The number of likely N-dealkylation sites (tertiary alicyclic amines) is 1. The lowest BCUT2D eigenvalue weighted by molar-refractivity contribution is 0.0599. The maximum absolute atomic E-state index is 12.7. The van der Waals surface area contributed by atoms with Crippen molar-refractivity contribution in [1.82, 2.24) is 9.88 Å². The highest BCUT2D eigenvalue weighted by Gasteiger charge is 2.21. The molecule has 4 aromatic rings. The molecular formula is C34H37N3O5. The minimum atomic E-state index is -0.445. The molecule has 8 nitrogen and oxygen atoms in total. The Hall–Kier alpha value is -4.27. The minimum Gasteiger partial charge on any atom is -0.494 e. The molecule has 218 valence electrons. The van der Waals surface area contributed by atoms with Gasteiger partial charge in [0.1, 0.15) is 6.61 Å². The van der Waals surface area contributed by atoms with Crippen LogP contribution < -0.4 is 0 Å². The molecule has 0 bridgehead atoms. The number of ether oxygens (including phenoxy) is 2. The van der Waals surface area contributed by atoms with E-state index in [-0.39, 0.29) is 18.3 Å². The van der Waals surface area contributed by atoms with Gasteiger partial charge in [0.05, 0.1) is 29.6 Å². The number of hydrogen-bond acceptors (Lipinski definition) is 7. The second kappa shape index (κ2) is 13.6. The van der Waals surface area contributed by atoms with Crippen molar-refractivity contribution >= 4 is 34.1 Å². The average Bonchev–Trinajstić information content (AvgIpc) is 3.34. The number of H-pyrrole nitrogens is 1. The topological polar surface area (TPSA) is 104 Å². The van der Waals surface area contributed by atoms with E-state index < -0.39 is 5.97 Å². The standard InChI is InChI=1S/C34H37N3O5/c1-23-20-28-29(21-27(23)34(40)41-2)36-33(39)31(28)32(25-10-5-3-6-11-25)35-26-14-12-24(13-15-26)30(38)22-42-19-9-18-37-16-7-4-8-17-37/h3,5-6,10-15,20-21,36,39H,4,7-9,16-19,22H2,1-2H3. The van der Waals surface area contributed by atoms with Crippen LogP contribution >= 0.6 is 0 Å². The Balaban J connectivity index is 1.35. The van der Waals surface area contributed by atoms with Gasteiger partial charge in [-0.2, -0.15) is 0 Å². The van der Waals surface area contributed by atoms with Gasteiger partial charge in [0, 0.05) is 35.2 Å². The first kappa shape index (κ1) is 29.2. The Bertz CT molecular complexity index is 1570. The third-order valence-electron chi connectivity index (χ3n) is 7.69. The summed E-state index contributed by atoms with van der Waals surface area (Å²) in [6, 6.07) is 20.2. The Morgan fingerprint density at radius 2 is 1.71 bits per heavy atom. The smallest absolute Gasteiger partial charge is 0.338 e. The number of aromatic amines is 1. The minimum absolute atomic E-state index is 0.0496. The third kappa shape index (κ3) is 6.78. The molecule has 0 amide bonds. The van der Waals surface area contributed by atoms with Crippen molar-refractivity contribution in [3.63, 3.8) is 0 Å². The number of rotatable bonds is 11. The highest BCUT2D eigenvalue weighted by molar-refractivity contribution is 6.22. The fraction of sp³-hybridized carbons (Fsp3) is 0.324. The van der Waals surface area contributed by atoms with Gasteiger partial charge in [-0.05, 0) is 81.2 Å². The molecule has 0 spiro atoms. The molecule has 0 atom stereocenters. The van der Waals surface area contributed by atoms with Gasteiger partial charge in [-0.1, -0.05) is 36.8 Å². The van der Waals surface area contributed by atoms with Gasteiger partial charge in [0.25, 0.3) is 0 Å². The Kier molecular flexibility index (Phi) is 9.46. The van der Waals surface area contributed by atoms with E-state index in [4.69, 9.17) is 14.5 Å². The largest absolute Gasteiger partial charge is 0.494 e. The van der Waals surface area contributed by atoms with Gasteiger partial charge >= 0.3 is 5.97 Å². The van der Waals surface area contributed by atoms with Crippen molar-refractivity contribution in [2.45, 2.75) is 32.6 Å². The number of methoxy groups -OCH3 is 1. The number of nitrogens with zero attached hydrogens (tertiary/aromatic N) is 2. The number of hydrogen-bond donors (Lipinski definition) is 2. The van der Waals surface area contributed by atoms with Crippen molar-refractivity contribution in [2.75, 3.05) is 40.0 Å². The molecule has 1 aromatic heterocycles. The van der Waals surface area contributed by atoms with Gasteiger partial charge in [-0.25, -0.2) is 9.79 Å². The van der Waals surface area contributed by atoms with E-state index in [1.807, 2.05) is 43.3 Å². The summed E-state index contributed by atoms with van der Waals surface area (Å²) in [5.41, 5.74) is 4.81. The number of esters is 1. The van der Waals surface area contributed by atoms with Crippen LogP contribution in [-0.2, 0) is 9.47 Å². The highest BCUT2D eigenvalue weighted by atomic mass is 16.5. The number of nitrogens with one attached hydrogen (secondary N) is 1. The fourth-order valence-electron chi connectivity index (χ4n) is 5.44. The molecule has 0 saturated carbocycles. The lowest BCUT2D eigenvalue weighted by Crippen LogP contribution is -2.31. The molecule has 3 aromatic carbocycles. The first-order valence-electron chi connectivity index (χ1n) is 14.5. The van der Waals surface area contributed by atoms with E-state index in [0.717, 1.165) is 42.6 Å². The van der Waals surface area contributed by atoms with Crippen LogP contribution in [0.1, 0.15) is 63.1 Å². The zero-order chi connectivity index (χ0) is 29.5. The lowest BCUT2D eigenvalue weighted by Gasteiger charge is -2.26. The van der Waals surface area contributed by atoms with Crippen LogP contribution in [0.25, 0.3) is 10.9 Å². The number of ketones is 1. The van der Waals surface area contributed by atoms with Crippen LogP contribution in [0.4, 0.5) is 5.69 Å². The summed E-state index contributed by atoms with van der Waals surface area (Å²) >= 11 is 0. The number of Topliss-reactive ketones (excluding diaryl/α,β-unsaturated/α-hetero) is 1. The Morgan fingerprint density at radius 3 is 2.43 bits per heavy atom. The van der Waals surface area contributed by atoms with Gasteiger partial charge in [0.2, 0.25) is 0 Å². The highest BCUT2D eigenvalue weighted by Crippen LogP contribution is 2.33. The molecule has 0 aliphatic carbocycles. The maximum Gasteiger partial charge on any atom is 0.338 e. The van der Waals surface area contributed by atoms with Crippen molar-refractivity contribution in [1.29, 1.82) is 0 Å². The molecule has 5 rings (SSSR count). The van der Waals surface area contributed by atoms with E-state index in [2.05, 4.69) is 9.88 Å². The molecule has 2 heterocycles. The summed E-state index contributed by atoms with van der Waals surface area (Å²) < 4.78 is 10.6. The van der Waals surface area contributed by atoms with Gasteiger partial charge in [-0.3, -0.25) is 4.79 Å². The number of benzene rings is 3. The number of fused-ring (bicyclic) bond motifs is 1. The van der Waals surface area contributed by atoms with Crippen molar-refractivity contribution in [3.8, 4) is 5.88 Å². The van der Waals surface area contributed by atoms with Crippen LogP contribution in [0.5, 0.6) is 5.88 Å². The predicted molar refractivity (Wildman–Crippen MR) is 164 cm³/mol. The molecule has 2 N–H and O–H groups in total. The first-order valence-corrected chi connectivity index (χ1v) is 14.5. The van der Waals surface area contributed by atoms with Crippen molar-refractivity contribution in [3.05, 3.63) is 94.5 Å². The molecule has 1 fully saturated rings. The van der Waals surface area contributed by atoms with Crippen molar-refractivity contribution in [2.24, 2.45) is 4.99 Å². The summed E-state index contributed by atoms with van der Waals surface area (Å²) in [6.45, 7) is 5.79. The monoisotopic (exact) mass is 567 g/mol. The third-order valence-corrected chi connectivity index (χ3v) is 7.69. The SMILES string of the molecule is COC(=O)c1cc2[nH]c(O)c(C(=Nc3ccc(C(=O)COCCCN4CCCCC4)cc3)c3ccccc3)c2cc1C. The number of aliphatic imine (C=N–C) groups is 1. The summed E-state index contributed by atoms with van der Waals surface area (Å²) in [6.07, 6.45) is 4.79. The molecule has 1 saturated heterocycles. The average molecular weight is 568 g/mol. The van der Waals surface area contributed by atoms with Crippen LogP contribution in [0.15, 0.2) is 71.7 Å². The quantitative estimate of drug-likeness (QED) is 0.0966. The number of aromatic hydroxyl groups is 1. The molecular weight excluding hydrogens is 530 g/mol. The van der Waals surface area contributed by atoms with Crippen molar-refractivity contribution < 1.29 is 24.2 Å². The molecule has 1 aliphatic heterocycles. The number of aryl methyl sites for hydroxylation is 1. The molecule has 42 heavy (non-hydrogen) atoms. The zero-order valence-corrected chi connectivity index (χ0v) is 24.2. The van der Waals surface area contributed by atoms with Crippen LogP contribution in [-0.4, -0.2) is 72.4 Å². The van der Waals surface area contributed by atoms with E-state index in [0.29, 0.717) is 40.2 Å². The normalized spacial score (nSPS) is 14.3. The first-order chi connectivity index (χ1) is 20.4. The predicted octanol–water partition coefficient (Wildman–Crippen LogP) is 6.21. The summed E-state index contributed by atoms with van der Waals surface area (Å²) in [7, 11) is 1.34. The molecule has 0 radical (unpaired) electrons. The maximum atomic E-state index is 12.7. The number of aromatic nitrogens is 1. The fourth-order valence-corrected chi connectivity index (χ4v) is 5.44. The van der Waals surface area contributed by atoms with Gasteiger partial charge in [0.15, 0.2) is 11.7 Å². The van der Waals surface area contributed by atoms with Crippen LogP contribution in [0.2, 0.25) is 0 Å². The molecule has 1 aliphatic rings. The summed E-state index contributed by atoms with van der Waals surface area (Å²) in [5, 5.41) is 11.7.